The fourth-order valence-electron chi connectivity index (χ4n) is 2.04. The van der Waals surface area contributed by atoms with Crippen LogP contribution < -0.4 is 5.32 Å². The lowest BCUT2D eigenvalue weighted by Gasteiger charge is -2.33. The molecule has 0 bridgehead atoms. The third-order valence-electron chi connectivity index (χ3n) is 3.02. The van der Waals surface area contributed by atoms with Crippen molar-refractivity contribution in [3.05, 3.63) is 0 Å². The molecule has 1 aliphatic rings. The van der Waals surface area contributed by atoms with Crippen LogP contribution in [0.3, 0.4) is 0 Å². The van der Waals surface area contributed by atoms with Gasteiger partial charge >= 0.3 is 0 Å². The lowest BCUT2D eigenvalue weighted by molar-refractivity contribution is 0.0918. The average Bonchev–Trinajstić information content (AvgIpc) is 2.21. The Kier molecular flexibility index (Phi) is 5.45. The van der Waals surface area contributed by atoms with E-state index >= 15 is 0 Å². The van der Waals surface area contributed by atoms with Gasteiger partial charge < -0.3 is 15.3 Å². The van der Waals surface area contributed by atoms with E-state index in [0.29, 0.717) is 6.04 Å². The first-order chi connectivity index (χ1) is 6.76. The normalized spacial score (nSPS) is 22.5. The van der Waals surface area contributed by atoms with Crippen molar-refractivity contribution >= 4 is 0 Å². The third kappa shape index (κ3) is 3.95. The highest BCUT2D eigenvalue weighted by Crippen LogP contribution is 2.10. The summed E-state index contributed by atoms with van der Waals surface area (Å²) in [6.07, 6.45) is 3.19. The third-order valence-corrected chi connectivity index (χ3v) is 3.02. The minimum absolute atomic E-state index is 0.134. The number of piperidine rings is 1. The molecule has 0 spiro atoms. The molecule has 0 aromatic heterocycles. The zero-order valence-corrected chi connectivity index (χ0v) is 9.50. The van der Waals surface area contributed by atoms with Crippen LogP contribution in [-0.2, 0) is 0 Å². The highest BCUT2D eigenvalue weighted by Gasteiger charge is 2.19. The van der Waals surface area contributed by atoms with Crippen LogP contribution in [0.4, 0.5) is 0 Å². The second kappa shape index (κ2) is 6.38. The van der Waals surface area contributed by atoms with Crippen LogP contribution >= 0.6 is 0 Å². The summed E-state index contributed by atoms with van der Waals surface area (Å²) in [4.78, 5) is 2.38. The molecule has 0 aromatic rings. The Morgan fingerprint density at radius 2 is 2.00 bits per heavy atom. The zero-order valence-electron chi connectivity index (χ0n) is 9.50. The van der Waals surface area contributed by atoms with Gasteiger partial charge in [0, 0.05) is 12.6 Å². The number of nitrogens with zero attached hydrogens (tertiary/aromatic N) is 1. The van der Waals surface area contributed by atoms with Crippen LogP contribution in [-0.4, -0.2) is 48.3 Å². The van der Waals surface area contributed by atoms with E-state index in [2.05, 4.69) is 17.1 Å². The number of hydrogen-bond acceptors (Lipinski definition) is 3. The van der Waals surface area contributed by atoms with Gasteiger partial charge in [-0.25, -0.2) is 0 Å². The molecular formula is C11H24N2O. The molecule has 1 saturated heterocycles. The number of likely N-dealkylation sites (tertiary alicyclic amines) is 1. The largest absolute Gasteiger partial charge is 0.392 e. The second-order valence-corrected chi connectivity index (χ2v) is 4.19. The van der Waals surface area contributed by atoms with E-state index in [4.69, 9.17) is 0 Å². The lowest BCUT2D eigenvalue weighted by Crippen LogP contribution is -2.44. The summed E-state index contributed by atoms with van der Waals surface area (Å²) < 4.78 is 0. The maximum Gasteiger partial charge on any atom is 0.0664 e. The van der Waals surface area contributed by atoms with Crippen LogP contribution in [0.15, 0.2) is 0 Å². The van der Waals surface area contributed by atoms with E-state index < -0.39 is 0 Å². The number of aliphatic hydroxyl groups is 1. The summed E-state index contributed by atoms with van der Waals surface area (Å²) in [5, 5.41) is 13.0. The van der Waals surface area contributed by atoms with Crippen LogP contribution in [0.5, 0.6) is 0 Å². The van der Waals surface area contributed by atoms with E-state index in [9.17, 15) is 5.11 Å². The lowest BCUT2D eigenvalue weighted by atomic mass is 10.0. The van der Waals surface area contributed by atoms with E-state index in [1.807, 2.05) is 6.92 Å². The zero-order chi connectivity index (χ0) is 10.4. The van der Waals surface area contributed by atoms with Crippen molar-refractivity contribution in [2.24, 2.45) is 0 Å². The molecule has 1 heterocycles. The van der Waals surface area contributed by atoms with E-state index in [-0.39, 0.29) is 6.10 Å². The fraction of sp³-hybridized carbons (Fsp3) is 1.00. The van der Waals surface area contributed by atoms with Crippen molar-refractivity contribution in [1.29, 1.82) is 0 Å². The first-order valence-corrected chi connectivity index (χ1v) is 5.90. The van der Waals surface area contributed by atoms with Crippen molar-refractivity contribution in [3.63, 3.8) is 0 Å². The summed E-state index contributed by atoms with van der Waals surface area (Å²) in [7, 11) is 0. The Morgan fingerprint density at radius 1 is 1.36 bits per heavy atom. The van der Waals surface area contributed by atoms with E-state index in [0.717, 1.165) is 32.6 Å². The second-order valence-electron chi connectivity index (χ2n) is 4.19. The van der Waals surface area contributed by atoms with E-state index in [1.54, 1.807) is 0 Å². The Hall–Kier alpha value is -0.120. The van der Waals surface area contributed by atoms with Crippen LogP contribution in [0.1, 0.15) is 33.1 Å². The first-order valence-electron chi connectivity index (χ1n) is 5.90. The van der Waals surface area contributed by atoms with Crippen LogP contribution in [0.2, 0.25) is 0 Å². The van der Waals surface area contributed by atoms with Gasteiger partial charge in [0.1, 0.15) is 0 Å². The highest BCUT2D eigenvalue weighted by atomic mass is 16.3. The number of β-amino-alcohol motifs (C(OH)–C–C–N with tert-alkyl or cyclic N) is 1. The molecule has 3 nitrogen and oxygen atoms in total. The van der Waals surface area contributed by atoms with Crippen molar-refractivity contribution in [2.75, 3.05) is 26.2 Å². The van der Waals surface area contributed by atoms with Gasteiger partial charge in [-0.2, -0.15) is 0 Å². The molecule has 0 saturated carbocycles. The van der Waals surface area contributed by atoms with Crippen LogP contribution in [0.25, 0.3) is 0 Å². The SMILES string of the molecule is CCNC1CCN(CC(O)CC)CC1. The molecule has 1 fully saturated rings. The van der Waals surface area contributed by atoms with Gasteiger partial charge in [-0.1, -0.05) is 13.8 Å². The van der Waals surface area contributed by atoms with E-state index in [1.165, 1.54) is 12.8 Å². The van der Waals surface area contributed by atoms with Gasteiger partial charge in [0.05, 0.1) is 6.10 Å². The summed E-state index contributed by atoms with van der Waals surface area (Å²) in [5.41, 5.74) is 0. The van der Waals surface area contributed by atoms with Gasteiger partial charge in [-0.15, -0.1) is 0 Å². The molecule has 0 aromatic carbocycles. The molecule has 1 rings (SSSR count). The minimum atomic E-state index is -0.134. The molecule has 0 amide bonds. The topological polar surface area (TPSA) is 35.5 Å². The van der Waals surface area contributed by atoms with Gasteiger partial charge in [0.25, 0.3) is 0 Å². The Morgan fingerprint density at radius 3 is 2.50 bits per heavy atom. The molecule has 1 unspecified atom stereocenters. The van der Waals surface area contributed by atoms with Crippen molar-refractivity contribution in [2.45, 2.75) is 45.3 Å². The number of hydrogen-bond donors (Lipinski definition) is 2. The maximum atomic E-state index is 9.52. The average molecular weight is 200 g/mol. The number of nitrogens with one attached hydrogen (secondary N) is 1. The summed E-state index contributed by atoms with van der Waals surface area (Å²) in [5.74, 6) is 0. The number of aliphatic hydroxyl groups excluding tert-OH is 1. The molecule has 2 N–H and O–H groups in total. The molecule has 0 aliphatic carbocycles. The molecular weight excluding hydrogens is 176 g/mol. The predicted octanol–water partition coefficient (Wildman–Crippen LogP) is 0.831. The standard InChI is InChI=1S/C11H24N2O/c1-3-11(14)9-13-7-5-10(6-8-13)12-4-2/h10-12,14H,3-9H2,1-2H3. The van der Waals surface area contributed by atoms with Gasteiger partial charge in [-0.05, 0) is 38.9 Å². The van der Waals surface area contributed by atoms with Crippen molar-refractivity contribution < 1.29 is 5.11 Å². The van der Waals surface area contributed by atoms with Gasteiger partial charge in [0.15, 0.2) is 0 Å². The Balaban J connectivity index is 2.15. The summed E-state index contributed by atoms with van der Waals surface area (Å²) in [6, 6.07) is 0.704. The highest BCUT2D eigenvalue weighted by molar-refractivity contribution is 4.77. The van der Waals surface area contributed by atoms with Gasteiger partial charge in [0.2, 0.25) is 0 Å². The molecule has 3 heteroatoms. The maximum absolute atomic E-state index is 9.52. The Labute approximate surface area is 87.5 Å². The van der Waals surface area contributed by atoms with Crippen LogP contribution in [0, 0.1) is 0 Å². The smallest absolute Gasteiger partial charge is 0.0664 e. The Bertz CT molecular complexity index is 144. The molecule has 1 atom stereocenters. The molecule has 1 aliphatic heterocycles. The summed E-state index contributed by atoms with van der Waals surface area (Å²) >= 11 is 0. The molecule has 0 radical (unpaired) electrons. The van der Waals surface area contributed by atoms with Gasteiger partial charge in [-0.3, -0.25) is 0 Å². The quantitative estimate of drug-likeness (QED) is 0.690. The molecule has 84 valence electrons. The molecule has 14 heavy (non-hydrogen) atoms. The summed E-state index contributed by atoms with van der Waals surface area (Å²) in [6.45, 7) is 8.39. The van der Waals surface area contributed by atoms with Crippen molar-refractivity contribution in [1.82, 2.24) is 10.2 Å². The first kappa shape index (κ1) is 12.0. The predicted molar refractivity (Wildman–Crippen MR) is 59.4 cm³/mol. The fourth-order valence-corrected chi connectivity index (χ4v) is 2.04. The minimum Gasteiger partial charge on any atom is -0.392 e. The number of rotatable bonds is 5. The van der Waals surface area contributed by atoms with Crippen molar-refractivity contribution in [3.8, 4) is 0 Å². The monoisotopic (exact) mass is 200 g/mol.